The van der Waals surface area contributed by atoms with Crippen molar-refractivity contribution in [2.45, 2.75) is 24.1 Å². The van der Waals surface area contributed by atoms with Crippen LogP contribution >= 0.6 is 11.8 Å². The van der Waals surface area contributed by atoms with Crippen LogP contribution in [0.3, 0.4) is 0 Å². The molecule has 8 heteroatoms. The first-order valence-corrected chi connectivity index (χ1v) is 8.58. The third-order valence-electron chi connectivity index (χ3n) is 3.40. The number of esters is 1. The van der Waals surface area contributed by atoms with E-state index in [2.05, 4.69) is 15.1 Å². The summed E-state index contributed by atoms with van der Waals surface area (Å²) in [5.41, 5.74) is 1.60. The molecule has 3 aromatic rings. The molecule has 3 rings (SSSR count). The predicted molar refractivity (Wildman–Crippen MR) is 93.2 cm³/mol. The Balaban J connectivity index is 2.04. The van der Waals surface area contributed by atoms with Crippen LogP contribution in [-0.2, 0) is 14.3 Å². The van der Waals surface area contributed by atoms with Crippen LogP contribution in [0.25, 0.3) is 17.0 Å². The summed E-state index contributed by atoms with van der Waals surface area (Å²) in [6.07, 6.45) is 1.38. The van der Waals surface area contributed by atoms with Crippen molar-refractivity contribution in [2.24, 2.45) is 0 Å². The van der Waals surface area contributed by atoms with E-state index in [1.165, 1.54) is 17.8 Å². The van der Waals surface area contributed by atoms with Crippen molar-refractivity contribution >= 4 is 29.3 Å². The Labute approximate surface area is 148 Å². The second-order valence-electron chi connectivity index (χ2n) is 5.18. The highest BCUT2D eigenvalue weighted by Crippen LogP contribution is 2.28. The monoisotopic (exact) mass is 356 g/mol. The van der Waals surface area contributed by atoms with Gasteiger partial charge in [0.25, 0.3) is 5.78 Å². The number of Topliss-reactive ketones (excluding diaryl/α,β-unsaturated/α-hetero) is 1. The maximum absolute atomic E-state index is 12.1. The second-order valence-corrected chi connectivity index (χ2v) is 6.30. The number of nitrogens with zero attached hydrogens (tertiary/aromatic N) is 4. The molecule has 0 aliphatic carbocycles. The number of hydrogen-bond donors (Lipinski definition) is 0. The Bertz CT molecular complexity index is 911. The van der Waals surface area contributed by atoms with Crippen LogP contribution in [-0.4, -0.2) is 43.2 Å². The fraction of sp³-hybridized carbons (Fsp3) is 0.235. The average Bonchev–Trinajstić information content (AvgIpc) is 3.08. The summed E-state index contributed by atoms with van der Waals surface area (Å²) in [4.78, 5) is 32.6. The summed E-state index contributed by atoms with van der Waals surface area (Å²) in [7, 11) is 0. The number of hydrogen-bond acceptors (Lipinski definition) is 7. The molecule has 2 aromatic heterocycles. The number of thioether (sulfide) groups is 1. The number of ketones is 1. The molecule has 0 aliphatic heterocycles. The van der Waals surface area contributed by atoms with Crippen molar-refractivity contribution < 1.29 is 14.3 Å². The minimum Gasteiger partial charge on any atom is -0.465 e. The van der Waals surface area contributed by atoms with Crippen molar-refractivity contribution in [2.75, 3.05) is 6.61 Å². The first-order chi connectivity index (χ1) is 12.1. The minimum absolute atomic E-state index is 0.216. The van der Waals surface area contributed by atoms with E-state index in [1.54, 1.807) is 13.0 Å². The molecule has 0 bridgehead atoms. The molecule has 2 heterocycles. The van der Waals surface area contributed by atoms with Gasteiger partial charge in [0, 0.05) is 5.56 Å². The van der Waals surface area contributed by atoms with Gasteiger partial charge in [-0.1, -0.05) is 42.1 Å². The Kier molecular flexibility index (Phi) is 5.08. The Hall–Kier alpha value is -2.74. The van der Waals surface area contributed by atoms with Crippen molar-refractivity contribution in [3.8, 4) is 11.3 Å². The molecule has 25 heavy (non-hydrogen) atoms. The van der Waals surface area contributed by atoms with Crippen molar-refractivity contribution in [3.63, 3.8) is 0 Å². The number of carbonyl (C=O) groups is 2. The molecule has 0 unspecified atom stereocenters. The van der Waals surface area contributed by atoms with Gasteiger partial charge in [0.1, 0.15) is 11.4 Å². The topological polar surface area (TPSA) is 86.4 Å². The SMILES string of the molecule is CCOC(=O)[C@@H](Sc1cc(-c2ccccc2)nc2ncnn12)C(C)=O. The Morgan fingerprint density at radius 3 is 2.72 bits per heavy atom. The lowest BCUT2D eigenvalue weighted by Crippen LogP contribution is -2.27. The lowest BCUT2D eigenvalue weighted by molar-refractivity contribution is -0.144. The van der Waals surface area contributed by atoms with Gasteiger partial charge in [-0.15, -0.1) is 0 Å². The van der Waals surface area contributed by atoms with Crippen LogP contribution < -0.4 is 0 Å². The highest BCUT2D eigenvalue weighted by Gasteiger charge is 2.27. The van der Waals surface area contributed by atoms with Crippen LogP contribution in [0.5, 0.6) is 0 Å². The van der Waals surface area contributed by atoms with E-state index in [1.807, 2.05) is 30.3 Å². The third kappa shape index (κ3) is 3.69. The standard InChI is InChI=1S/C17H16N4O3S/c1-3-24-16(23)15(11(2)22)25-14-9-13(12-7-5-4-6-8-12)20-17-18-10-19-21(14)17/h4-10,15H,3H2,1-2H3/t15-/m0/s1. The van der Waals surface area contributed by atoms with Gasteiger partial charge in [-0.2, -0.15) is 14.6 Å². The normalized spacial score (nSPS) is 12.1. The van der Waals surface area contributed by atoms with Gasteiger partial charge in [-0.25, -0.2) is 4.98 Å². The summed E-state index contributed by atoms with van der Waals surface area (Å²) < 4.78 is 6.51. The van der Waals surface area contributed by atoms with Gasteiger partial charge in [0.2, 0.25) is 0 Å². The highest BCUT2D eigenvalue weighted by atomic mass is 32.2. The molecule has 1 aromatic carbocycles. The molecule has 0 N–H and O–H groups in total. The number of carbonyl (C=O) groups excluding carboxylic acids is 2. The third-order valence-corrected chi connectivity index (χ3v) is 4.69. The largest absolute Gasteiger partial charge is 0.465 e. The van der Waals surface area contributed by atoms with E-state index in [4.69, 9.17) is 4.74 Å². The smallest absolute Gasteiger partial charge is 0.327 e. The van der Waals surface area contributed by atoms with E-state index < -0.39 is 11.2 Å². The number of rotatable bonds is 6. The molecule has 0 aliphatic rings. The molecule has 0 spiro atoms. The Morgan fingerprint density at radius 1 is 1.28 bits per heavy atom. The number of ether oxygens (including phenoxy) is 1. The van der Waals surface area contributed by atoms with Gasteiger partial charge < -0.3 is 4.74 Å². The van der Waals surface area contributed by atoms with E-state index in [-0.39, 0.29) is 12.4 Å². The number of fused-ring (bicyclic) bond motifs is 1. The zero-order chi connectivity index (χ0) is 17.8. The summed E-state index contributed by atoms with van der Waals surface area (Å²) in [6, 6.07) is 11.4. The van der Waals surface area contributed by atoms with E-state index >= 15 is 0 Å². The van der Waals surface area contributed by atoms with Crippen molar-refractivity contribution in [1.29, 1.82) is 0 Å². The molecular formula is C17H16N4O3S. The molecule has 0 saturated carbocycles. The average molecular weight is 356 g/mol. The molecule has 0 amide bonds. The first kappa shape index (κ1) is 17.1. The molecule has 7 nitrogen and oxygen atoms in total. The summed E-state index contributed by atoms with van der Waals surface area (Å²) >= 11 is 1.08. The van der Waals surface area contributed by atoms with Crippen LogP contribution in [0.15, 0.2) is 47.8 Å². The van der Waals surface area contributed by atoms with E-state index in [0.717, 1.165) is 17.3 Å². The highest BCUT2D eigenvalue weighted by molar-refractivity contribution is 8.01. The molecule has 1 atom stereocenters. The van der Waals surface area contributed by atoms with E-state index in [0.29, 0.717) is 16.5 Å². The summed E-state index contributed by atoms with van der Waals surface area (Å²) in [5.74, 6) is -0.448. The second kappa shape index (κ2) is 7.43. The van der Waals surface area contributed by atoms with Gasteiger partial charge >= 0.3 is 5.97 Å². The fourth-order valence-corrected chi connectivity index (χ4v) is 3.24. The van der Waals surface area contributed by atoms with Crippen LogP contribution in [0.2, 0.25) is 0 Å². The van der Waals surface area contributed by atoms with Gasteiger partial charge in [-0.05, 0) is 19.9 Å². The fourth-order valence-electron chi connectivity index (χ4n) is 2.26. The maximum Gasteiger partial charge on any atom is 0.327 e. The Morgan fingerprint density at radius 2 is 2.04 bits per heavy atom. The zero-order valence-corrected chi connectivity index (χ0v) is 14.6. The van der Waals surface area contributed by atoms with Crippen molar-refractivity contribution in [3.05, 3.63) is 42.7 Å². The molecule has 0 saturated heterocycles. The maximum atomic E-state index is 12.1. The lowest BCUT2D eigenvalue weighted by atomic mass is 10.1. The van der Waals surface area contributed by atoms with Crippen LogP contribution in [0.4, 0.5) is 0 Å². The predicted octanol–water partition coefficient (Wildman–Crippen LogP) is 2.40. The summed E-state index contributed by atoms with van der Waals surface area (Å²) in [6.45, 7) is 3.29. The number of aromatic nitrogens is 4. The zero-order valence-electron chi connectivity index (χ0n) is 13.7. The molecule has 128 valence electrons. The van der Waals surface area contributed by atoms with Gasteiger partial charge in [0.15, 0.2) is 11.0 Å². The van der Waals surface area contributed by atoms with Gasteiger partial charge in [-0.3, -0.25) is 9.59 Å². The minimum atomic E-state index is -0.960. The quantitative estimate of drug-likeness (QED) is 0.290. The summed E-state index contributed by atoms with van der Waals surface area (Å²) in [5, 5.41) is 3.76. The first-order valence-electron chi connectivity index (χ1n) is 7.70. The van der Waals surface area contributed by atoms with E-state index in [9.17, 15) is 9.59 Å². The van der Waals surface area contributed by atoms with Gasteiger partial charge in [0.05, 0.1) is 12.3 Å². The molecule has 0 fully saturated rings. The molecular weight excluding hydrogens is 340 g/mol. The number of benzene rings is 1. The van der Waals surface area contributed by atoms with Crippen LogP contribution in [0.1, 0.15) is 13.8 Å². The molecule has 0 radical (unpaired) electrons. The lowest BCUT2D eigenvalue weighted by Gasteiger charge is -2.13. The van der Waals surface area contributed by atoms with Crippen LogP contribution in [0, 0.1) is 0 Å². The van der Waals surface area contributed by atoms with Crippen molar-refractivity contribution in [1.82, 2.24) is 19.6 Å².